The van der Waals surface area contributed by atoms with Crippen molar-refractivity contribution >= 4 is 59.7 Å². The normalized spacial score (nSPS) is 7.90. The van der Waals surface area contributed by atoms with Gasteiger partial charge in [-0.3, -0.25) is 9.59 Å². The van der Waals surface area contributed by atoms with Crippen LogP contribution in [0.15, 0.2) is 0 Å². The number of rotatable bonds is 2. The molecule has 0 amide bonds. The van der Waals surface area contributed by atoms with Crippen LogP contribution >= 0.6 is 24.2 Å². The first-order valence-corrected chi connectivity index (χ1v) is 3.16. The molecule has 0 saturated heterocycles. The minimum atomic E-state index is -1.84. The van der Waals surface area contributed by atoms with Gasteiger partial charge in [0.15, 0.2) is 0 Å². The van der Waals surface area contributed by atoms with E-state index in [9.17, 15) is 9.59 Å². The summed E-state index contributed by atoms with van der Waals surface area (Å²) in [4.78, 5) is 20.1. The Bertz CT molecular complexity index is 139. The van der Waals surface area contributed by atoms with Gasteiger partial charge in [-0.2, -0.15) is 0 Å². The molecule has 0 aliphatic rings. The maximum absolute atomic E-state index is 10.2. The summed E-state index contributed by atoms with van der Waals surface area (Å²) in [6, 6.07) is 0. The fourth-order valence-electron chi connectivity index (χ4n) is 0.146. The number of hydrogen-bond acceptors (Lipinski definition) is 5. The summed E-state index contributed by atoms with van der Waals surface area (Å²) in [6.45, 7) is 0. The van der Waals surface area contributed by atoms with E-state index in [0.717, 1.165) is 0 Å². The average molecular weight is 174 g/mol. The molecule has 0 spiro atoms. The second-order valence-electron chi connectivity index (χ2n) is 1.04. The van der Waals surface area contributed by atoms with Gasteiger partial charge in [0.2, 0.25) is 0 Å². The maximum atomic E-state index is 10.2. The fourth-order valence-corrected chi connectivity index (χ4v) is 0.597. The number of carbonyl (C=O) groups is 2. The Kier molecular flexibility index (Phi) is 8.39. The fraction of sp³-hybridized carbons (Fsp3) is 0. The molecule has 0 fully saturated rings. The van der Waals surface area contributed by atoms with E-state index in [1.165, 1.54) is 0 Å². The van der Waals surface area contributed by atoms with Crippen molar-refractivity contribution in [3.05, 3.63) is 0 Å². The molecule has 0 aromatic rings. The first-order chi connectivity index (χ1) is 4.04. The molecule has 0 heterocycles. The monoisotopic (exact) mass is 174 g/mol. The zero-order valence-corrected chi connectivity index (χ0v) is 5.85. The quantitative estimate of drug-likeness (QED) is 0.257. The van der Waals surface area contributed by atoms with E-state index in [1.54, 1.807) is 0 Å². The molecule has 52 valence electrons. The summed E-state index contributed by atoms with van der Waals surface area (Å²) in [5.41, 5.74) is 0. The van der Waals surface area contributed by atoms with Gasteiger partial charge in [0.25, 0.3) is 10.2 Å². The van der Waals surface area contributed by atoms with Crippen LogP contribution in [0.4, 0.5) is 0 Å². The zero-order valence-electron chi connectivity index (χ0n) is 4.14. The summed E-state index contributed by atoms with van der Waals surface area (Å²) in [7, 11) is 0. The van der Waals surface area contributed by atoms with Crippen LogP contribution in [0.5, 0.6) is 0 Å². The second kappa shape index (κ2) is 6.34. The van der Waals surface area contributed by atoms with Crippen LogP contribution in [-0.4, -0.2) is 45.5 Å². The third kappa shape index (κ3) is 6.74. The summed E-state index contributed by atoms with van der Waals surface area (Å²) in [5, 5.41) is 14.2. The topological polar surface area (TPSA) is 74.6 Å². The van der Waals surface area contributed by atoms with Gasteiger partial charge in [-0.25, -0.2) is 0 Å². The van der Waals surface area contributed by atoms with Crippen molar-refractivity contribution in [2.24, 2.45) is 0 Å². The van der Waals surface area contributed by atoms with Crippen LogP contribution in [-0.2, 0) is 9.59 Å². The predicted molar refractivity (Wildman–Crippen MR) is 43.9 cm³/mol. The molecule has 0 atom stereocenters. The van der Waals surface area contributed by atoms with E-state index in [4.69, 9.17) is 10.0 Å². The molecule has 10 heavy (non-hydrogen) atoms. The molecule has 0 aliphatic carbocycles. The van der Waals surface area contributed by atoms with Gasteiger partial charge < -0.3 is 10.0 Å². The van der Waals surface area contributed by atoms with E-state index in [2.05, 4.69) is 12.6 Å². The van der Waals surface area contributed by atoms with Crippen molar-refractivity contribution in [2.45, 2.75) is 0 Å². The zero-order chi connectivity index (χ0) is 7.44. The molecule has 8 heteroatoms. The van der Waals surface area contributed by atoms with E-state index < -0.39 is 16.6 Å². The van der Waals surface area contributed by atoms with Crippen molar-refractivity contribution in [1.82, 2.24) is 0 Å². The van der Waals surface area contributed by atoms with Crippen molar-refractivity contribution in [3.63, 3.8) is 0 Å². The molecule has 0 radical (unpaired) electrons. The molecular formula is C2H4BLiO4S2. The molecule has 4 nitrogen and oxygen atoms in total. The first kappa shape index (κ1) is 13.2. The van der Waals surface area contributed by atoms with Crippen molar-refractivity contribution in [3.8, 4) is 0 Å². The standard InChI is InChI=1S/C2H3BO4S2.Li.H/c4-1(8)2(5)9-3(6)7;;/h6-7H,(H,4,8);;. The van der Waals surface area contributed by atoms with Crippen molar-refractivity contribution in [1.29, 1.82) is 0 Å². The van der Waals surface area contributed by atoms with Gasteiger partial charge in [-0.15, -0.1) is 0 Å². The molecule has 2 N–H and O–H groups in total. The SMILES string of the molecule is O=C(S)C(=O)SB(O)O.[LiH]. The summed E-state index contributed by atoms with van der Waals surface area (Å²) >= 11 is 3.24. The van der Waals surface area contributed by atoms with E-state index in [-0.39, 0.29) is 30.5 Å². The van der Waals surface area contributed by atoms with E-state index >= 15 is 0 Å². The number of thiol groups is 1. The Morgan fingerprint density at radius 1 is 1.40 bits per heavy atom. The van der Waals surface area contributed by atoms with Gasteiger partial charge in [0, 0.05) is 0 Å². The summed E-state index contributed by atoms with van der Waals surface area (Å²) < 4.78 is 0. The molecule has 0 aromatic carbocycles. The molecule has 0 rings (SSSR count). The van der Waals surface area contributed by atoms with E-state index in [1.807, 2.05) is 0 Å². The molecule has 0 aromatic heterocycles. The predicted octanol–water partition coefficient (Wildman–Crippen LogP) is -1.98. The second-order valence-corrected chi connectivity index (χ2v) is 2.47. The molecule has 0 unspecified atom stereocenters. The van der Waals surface area contributed by atoms with Crippen LogP contribution in [0.25, 0.3) is 0 Å². The van der Waals surface area contributed by atoms with Crippen LogP contribution in [0.1, 0.15) is 0 Å². The summed E-state index contributed by atoms with van der Waals surface area (Å²) in [5.74, 6) is 0. The summed E-state index contributed by atoms with van der Waals surface area (Å²) in [6.07, 6.45) is -1.84. The van der Waals surface area contributed by atoms with Crippen LogP contribution < -0.4 is 0 Å². The third-order valence-electron chi connectivity index (χ3n) is 0.387. The van der Waals surface area contributed by atoms with Crippen LogP contribution in [0, 0.1) is 0 Å². The Labute approximate surface area is 79.4 Å². The van der Waals surface area contributed by atoms with Crippen molar-refractivity contribution < 1.29 is 19.6 Å². The Morgan fingerprint density at radius 2 is 1.80 bits per heavy atom. The van der Waals surface area contributed by atoms with Gasteiger partial charge in [-0.05, 0) is 0 Å². The Hall–Kier alpha value is 0.622. The molecule has 0 aliphatic heterocycles. The number of hydrogen-bond donors (Lipinski definition) is 3. The van der Waals surface area contributed by atoms with Crippen LogP contribution in [0.2, 0.25) is 0 Å². The number of carbonyl (C=O) groups excluding carboxylic acids is 2. The van der Waals surface area contributed by atoms with Gasteiger partial charge in [0.05, 0.1) is 0 Å². The van der Waals surface area contributed by atoms with Gasteiger partial charge in [-0.1, -0.05) is 24.2 Å². The van der Waals surface area contributed by atoms with Crippen molar-refractivity contribution in [2.75, 3.05) is 0 Å². The third-order valence-corrected chi connectivity index (χ3v) is 1.35. The first-order valence-electron chi connectivity index (χ1n) is 1.84. The minimum absolute atomic E-state index is 0. The van der Waals surface area contributed by atoms with Gasteiger partial charge >= 0.3 is 25.3 Å². The Morgan fingerprint density at radius 3 is 1.90 bits per heavy atom. The molecule has 0 bridgehead atoms. The molecule has 0 saturated carbocycles. The van der Waals surface area contributed by atoms with E-state index in [0.29, 0.717) is 0 Å². The van der Waals surface area contributed by atoms with Crippen LogP contribution in [0.3, 0.4) is 0 Å². The average Bonchev–Trinajstić information content (AvgIpc) is 1.63. The molecular weight excluding hydrogens is 170 g/mol. The Balaban J connectivity index is 0. The van der Waals surface area contributed by atoms with Gasteiger partial charge in [0.1, 0.15) is 0 Å².